The number of nitrogens with zero attached hydrogens (tertiary/aromatic N) is 1. The number of ether oxygens (including phenoxy) is 2. The van der Waals surface area contributed by atoms with Crippen molar-refractivity contribution < 1.29 is 28.3 Å². The first-order valence-electron chi connectivity index (χ1n) is 11.2. The fraction of sp³-hybridized carbons (Fsp3) is 0.111. The van der Waals surface area contributed by atoms with Crippen LogP contribution in [0.5, 0.6) is 11.5 Å². The van der Waals surface area contributed by atoms with Crippen LogP contribution in [-0.4, -0.2) is 36.9 Å². The van der Waals surface area contributed by atoms with Crippen LogP contribution in [0.3, 0.4) is 0 Å². The van der Waals surface area contributed by atoms with Crippen LogP contribution in [0.1, 0.15) is 15.9 Å². The van der Waals surface area contributed by atoms with Gasteiger partial charge in [-0.15, -0.1) is 0 Å². The molecule has 3 N–H and O–H groups in total. The first-order chi connectivity index (χ1) is 18.0. The molecule has 37 heavy (non-hydrogen) atoms. The Balaban J connectivity index is 1.35. The van der Waals surface area contributed by atoms with Crippen molar-refractivity contribution >= 4 is 29.1 Å². The minimum Gasteiger partial charge on any atom is -0.497 e. The highest BCUT2D eigenvalue weighted by molar-refractivity contribution is 6.43. The van der Waals surface area contributed by atoms with E-state index >= 15 is 0 Å². The molecule has 0 fully saturated rings. The number of carbonyl (C=O) groups excluding carboxylic acids is 3. The molecule has 0 aliphatic rings. The van der Waals surface area contributed by atoms with Crippen LogP contribution in [-0.2, 0) is 16.1 Å². The summed E-state index contributed by atoms with van der Waals surface area (Å²) < 4.78 is 15.8. The summed E-state index contributed by atoms with van der Waals surface area (Å²) in [6, 6.07) is 18.5. The molecular formula is C27H24N4O6. The smallest absolute Gasteiger partial charge is 0.314 e. The maximum Gasteiger partial charge on any atom is 0.314 e. The summed E-state index contributed by atoms with van der Waals surface area (Å²) in [6.45, 7) is 0.225. The number of amides is 3. The molecule has 0 saturated carbocycles. The molecule has 0 bridgehead atoms. The van der Waals surface area contributed by atoms with Crippen molar-refractivity contribution in [2.24, 2.45) is 0 Å². The number of benzene rings is 3. The standard InChI is InChI=1S/C27H24N4O6/c1-35-21-8-4-6-18(12-21)25(32)29-14-17-5-3-7-19(11-17)30-26(33)27(34)31-20-9-10-22(23(13-20)36-2)24-15-28-16-37-24/h3-13,15-16H,14H2,1-2H3,(H,29,32)(H,30,33)(H,31,34). The predicted molar refractivity (Wildman–Crippen MR) is 136 cm³/mol. The topological polar surface area (TPSA) is 132 Å². The first-order valence-corrected chi connectivity index (χ1v) is 11.2. The summed E-state index contributed by atoms with van der Waals surface area (Å²) in [5.74, 6) is -0.440. The van der Waals surface area contributed by atoms with Crippen LogP contribution >= 0.6 is 0 Å². The zero-order valence-corrected chi connectivity index (χ0v) is 20.1. The second kappa shape index (κ2) is 11.5. The van der Waals surface area contributed by atoms with Gasteiger partial charge in [-0.1, -0.05) is 18.2 Å². The number of oxazole rings is 1. The lowest BCUT2D eigenvalue weighted by Gasteiger charge is -2.11. The number of anilines is 2. The molecular weight excluding hydrogens is 476 g/mol. The zero-order valence-electron chi connectivity index (χ0n) is 20.1. The van der Waals surface area contributed by atoms with Gasteiger partial charge in [-0.2, -0.15) is 0 Å². The van der Waals surface area contributed by atoms with Gasteiger partial charge in [-0.3, -0.25) is 14.4 Å². The number of carbonyl (C=O) groups is 3. The van der Waals surface area contributed by atoms with Gasteiger partial charge >= 0.3 is 11.8 Å². The molecule has 188 valence electrons. The van der Waals surface area contributed by atoms with E-state index in [0.717, 1.165) is 5.56 Å². The van der Waals surface area contributed by atoms with Gasteiger partial charge in [0, 0.05) is 29.5 Å². The highest BCUT2D eigenvalue weighted by Gasteiger charge is 2.17. The van der Waals surface area contributed by atoms with Gasteiger partial charge in [0.1, 0.15) is 11.5 Å². The van der Waals surface area contributed by atoms with E-state index in [-0.39, 0.29) is 12.5 Å². The molecule has 0 atom stereocenters. The zero-order chi connectivity index (χ0) is 26.2. The second-order valence-corrected chi connectivity index (χ2v) is 7.80. The maximum absolute atomic E-state index is 12.5. The fourth-order valence-electron chi connectivity index (χ4n) is 3.50. The van der Waals surface area contributed by atoms with Crippen LogP contribution in [0.2, 0.25) is 0 Å². The number of hydrogen-bond acceptors (Lipinski definition) is 7. The molecule has 3 aromatic carbocycles. The van der Waals surface area contributed by atoms with E-state index in [1.54, 1.807) is 72.9 Å². The Morgan fingerprint density at radius 3 is 2.32 bits per heavy atom. The average molecular weight is 501 g/mol. The summed E-state index contributed by atoms with van der Waals surface area (Å²) in [7, 11) is 3.02. The molecule has 4 rings (SSSR count). The molecule has 1 aromatic heterocycles. The molecule has 0 aliphatic carbocycles. The summed E-state index contributed by atoms with van der Waals surface area (Å²) in [5.41, 5.74) is 2.63. The molecule has 0 spiro atoms. The molecule has 10 heteroatoms. The van der Waals surface area contributed by atoms with Crippen molar-refractivity contribution in [2.45, 2.75) is 6.54 Å². The van der Waals surface area contributed by atoms with Crippen LogP contribution in [0.4, 0.5) is 11.4 Å². The molecule has 0 aliphatic heterocycles. The van der Waals surface area contributed by atoms with Crippen molar-refractivity contribution in [1.29, 1.82) is 0 Å². The van der Waals surface area contributed by atoms with Gasteiger partial charge in [0.05, 0.1) is 26.0 Å². The van der Waals surface area contributed by atoms with Crippen LogP contribution in [0, 0.1) is 0 Å². The number of methoxy groups -OCH3 is 2. The number of hydrogen-bond donors (Lipinski definition) is 3. The van der Waals surface area contributed by atoms with E-state index in [9.17, 15) is 14.4 Å². The molecule has 0 unspecified atom stereocenters. The van der Waals surface area contributed by atoms with E-state index in [1.807, 2.05) is 0 Å². The molecule has 0 radical (unpaired) electrons. The van der Waals surface area contributed by atoms with E-state index in [0.29, 0.717) is 39.8 Å². The minimum atomic E-state index is -0.855. The number of aromatic nitrogens is 1. The third-order valence-corrected chi connectivity index (χ3v) is 5.33. The van der Waals surface area contributed by atoms with Crippen LogP contribution in [0.25, 0.3) is 11.3 Å². The van der Waals surface area contributed by atoms with Crippen molar-refractivity contribution in [1.82, 2.24) is 10.3 Å². The third kappa shape index (κ3) is 6.31. The van der Waals surface area contributed by atoms with E-state index < -0.39 is 11.8 Å². The SMILES string of the molecule is COc1cccc(C(=O)NCc2cccc(NC(=O)C(=O)Nc3ccc(-c4cnco4)c(OC)c3)c2)c1. The number of nitrogens with one attached hydrogen (secondary N) is 3. The normalized spacial score (nSPS) is 10.3. The maximum atomic E-state index is 12.5. The van der Waals surface area contributed by atoms with Gasteiger partial charge < -0.3 is 29.8 Å². The van der Waals surface area contributed by atoms with Crippen molar-refractivity contribution in [3.8, 4) is 22.8 Å². The third-order valence-electron chi connectivity index (χ3n) is 5.33. The minimum absolute atomic E-state index is 0.225. The lowest BCUT2D eigenvalue weighted by Crippen LogP contribution is -2.29. The molecule has 1 heterocycles. The van der Waals surface area contributed by atoms with Crippen molar-refractivity contribution in [3.05, 3.63) is 90.4 Å². The first kappa shape index (κ1) is 25.0. The quantitative estimate of drug-likeness (QED) is 0.313. The Morgan fingerprint density at radius 1 is 0.865 bits per heavy atom. The lowest BCUT2D eigenvalue weighted by molar-refractivity contribution is -0.132. The van der Waals surface area contributed by atoms with Gasteiger partial charge in [0.25, 0.3) is 5.91 Å². The van der Waals surface area contributed by atoms with E-state index in [4.69, 9.17) is 13.9 Å². The van der Waals surface area contributed by atoms with Crippen LogP contribution in [0.15, 0.2) is 83.7 Å². The molecule has 3 amide bonds. The Bertz CT molecular complexity index is 1420. The average Bonchev–Trinajstić information content (AvgIpc) is 3.46. The van der Waals surface area contributed by atoms with Crippen molar-refractivity contribution in [2.75, 3.05) is 24.9 Å². The second-order valence-electron chi connectivity index (χ2n) is 7.80. The molecule has 0 saturated heterocycles. The summed E-state index contributed by atoms with van der Waals surface area (Å²) in [4.78, 5) is 41.3. The van der Waals surface area contributed by atoms with Crippen LogP contribution < -0.4 is 25.4 Å². The Morgan fingerprint density at radius 2 is 1.62 bits per heavy atom. The Labute approximate surface area is 212 Å². The van der Waals surface area contributed by atoms with Gasteiger partial charge in [0.2, 0.25) is 0 Å². The highest BCUT2D eigenvalue weighted by atomic mass is 16.5. The highest BCUT2D eigenvalue weighted by Crippen LogP contribution is 2.32. The van der Waals surface area contributed by atoms with E-state index in [1.165, 1.54) is 20.6 Å². The Hall–Kier alpha value is -5.12. The monoisotopic (exact) mass is 500 g/mol. The van der Waals surface area contributed by atoms with Crippen molar-refractivity contribution in [3.63, 3.8) is 0 Å². The van der Waals surface area contributed by atoms with Gasteiger partial charge in [0.15, 0.2) is 12.2 Å². The molecule has 4 aromatic rings. The predicted octanol–water partition coefficient (Wildman–Crippen LogP) is 3.87. The van der Waals surface area contributed by atoms with E-state index in [2.05, 4.69) is 20.9 Å². The number of rotatable bonds is 8. The fourth-order valence-corrected chi connectivity index (χ4v) is 3.50. The Kier molecular flexibility index (Phi) is 7.79. The van der Waals surface area contributed by atoms with Gasteiger partial charge in [-0.25, -0.2) is 4.98 Å². The summed E-state index contributed by atoms with van der Waals surface area (Å²) >= 11 is 0. The summed E-state index contributed by atoms with van der Waals surface area (Å²) in [6.07, 6.45) is 2.85. The largest absolute Gasteiger partial charge is 0.497 e. The summed E-state index contributed by atoms with van der Waals surface area (Å²) in [5, 5.41) is 7.93. The molecule has 10 nitrogen and oxygen atoms in total. The lowest BCUT2D eigenvalue weighted by atomic mass is 10.1. The van der Waals surface area contributed by atoms with Gasteiger partial charge in [-0.05, 0) is 48.0 Å².